The molecule has 0 amide bonds. The molecule has 2 aliphatic carbocycles. The van der Waals surface area contributed by atoms with Crippen molar-refractivity contribution in [1.29, 1.82) is 5.41 Å². The maximum absolute atomic E-state index is 8.78. The van der Waals surface area contributed by atoms with Crippen LogP contribution in [0.1, 0.15) is 69.9 Å². The van der Waals surface area contributed by atoms with Crippen LogP contribution in [0, 0.1) is 11.3 Å². The molecule has 1 nitrogen and oxygen atoms in total. The Balaban J connectivity index is 1.97. The summed E-state index contributed by atoms with van der Waals surface area (Å²) in [5.74, 6) is 0.839. The molecular formula is C21H27N. The van der Waals surface area contributed by atoms with E-state index in [0.717, 1.165) is 5.71 Å². The number of rotatable bonds is 3. The number of benzene rings is 1. The Morgan fingerprint density at radius 1 is 1.00 bits per heavy atom. The fourth-order valence-electron chi connectivity index (χ4n) is 4.19. The summed E-state index contributed by atoms with van der Waals surface area (Å²) < 4.78 is 0. The summed E-state index contributed by atoms with van der Waals surface area (Å²) in [4.78, 5) is 0. The van der Waals surface area contributed by atoms with Crippen molar-refractivity contribution in [2.24, 2.45) is 5.92 Å². The van der Waals surface area contributed by atoms with Gasteiger partial charge in [-0.15, -0.1) is 0 Å². The Hall–Kier alpha value is -1.63. The van der Waals surface area contributed by atoms with E-state index >= 15 is 0 Å². The van der Waals surface area contributed by atoms with Crippen LogP contribution in [0.4, 0.5) is 0 Å². The lowest BCUT2D eigenvalue weighted by Crippen LogP contribution is -2.20. The molecule has 0 spiro atoms. The second-order valence-corrected chi connectivity index (χ2v) is 7.02. The van der Waals surface area contributed by atoms with E-state index in [4.69, 9.17) is 5.41 Å². The maximum atomic E-state index is 8.78. The molecule has 0 bridgehead atoms. The van der Waals surface area contributed by atoms with Crippen molar-refractivity contribution < 1.29 is 0 Å². The van der Waals surface area contributed by atoms with Crippen LogP contribution < -0.4 is 0 Å². The van der Waals surface area contributed by atoms with Gasteiger partial charge in [0.15, 0.2) is 0 Å². The van der Waals surface area contributed by atoms with Gasteiger partial charge in [-0.2, -0.15) is 0 Å². The predicted octanol–water partition coefficient (Wildman–Crippen LogP) is 6.01. The minimum Gasteiger partial charge on any atom is -0.304 e. The van der Waals surface area contributed by atoms with Crippen molar-refractivity contribution >= 4 is 5.71 Å². The zero-order valence-corrected chi connectivity index (χ0v) is 14.1. The molecule has 0 radical (unpaired) electrons. The van der Waals surface area contributed by atoms with Crippen molar-refractivity contribution in [2.45, 2.75) is 58.8 Å². The third-order valence-corrected chi connectivity index (χ3v) is 5.53. The fourth-order valence-corrected chi connectivity index (χ4v) is 4.19. The van der Waals surface area contributed by atoms with Gasteiger partial charge in [-0.1, -0.05) is 66.3 Å². The van der Waals surface area contributed by atoms with E-state index in [-0.39, 0.29) is 0 Å². The van der Waals surface area contributed by atoms with Crippen LogP contribution in [0.3, 0.4) is 0 Å². The molecule has 1 unspecified atom stereocenters. The molecule has 0 aliphatic heterocycles. The first-order valence-corrected chi connectivity index (χ1v) is 8.63. The van der Waals surface area contributed by atoms with Crippen LogP contribution in [-0.2, 0) is 0 Å². The normalized spacial score (nSPS) is 22.9. The topological polar surface area (TPSA) is 23.9 Å². The second-order valence-electron chi connectivity index (χ2n) is 7.02. The van der Waals surface area contributed by atoms with Gasteiger partial charge in [0.1, 0.15) is 0 Å². The molecule has 1 N–H and O–H groups in total. The Morgan fingerprint density at radius 3 is 2.32 bits per heavy atom. The summed E-state index contributed by atoms with van der Waals surface area (Å²) in [5, 5.41) is 8.78. The average molecular weight is 293 g/mol. The largest absolute Gasteiger partial charge is 0.304 e. The minimum atomic E-state index is 0.375. The third-order valence-electron chi connectivity index (χ3n) is 5.53. The minimum absolute atomic E-state index is 0.375. The van der Waals surface area contributed by atoms with Gasteiger partial charge >= 0.3 is 0 Å². The van der Waals surface area contributed by atoms with Gasteiger partial charge in [-0.3, -0.25) is 0 Å². The number of hydrogen-bond donors (Lipinski definition) is 1. The Morgan fingerprint density at radius 2 is 1.68 bits per heavy atom. The molecule has 0 saturated heterocycles. The molecule has 1 atom stereocenters. The molecule has 0 heterocycles. The Kier molecular flexibility index (Phi) is 4.33. The van der Waals surface area contributed by atoms with Crippen LogP contribution in [0.2, 0.25) is 0 Å². The summed E-state index contributed by atoms with van der Waals surface area (Å²) in [6.07, 6.45) is 8.62. The highest BCUT2D eigenvalue weighted by atomic mass is 14.5. The van der Waals surface area contributed by atoms with Crippen molar-refractivity contribution in [3.63, 3.8) is 0 Å². The summed E-state index contributed by atoms with van der Waals surface area (Å²) >= 11 is 0. The maximum Gasteiger partial charge on any atom is 0.0420 e. The van der Waals surface area contributed by atoms with Gasteiger partial charge in [0.25, 0.3) is 0 Å². The molecular weight excluding hydrogens is 266 g/mol. The predicted molar refractivity (Wildman–Crippen MR) is 94.7 cm³/mol. The van der Waals surface area contributed by atoms with E-state index in [0.29, 0.717) is 11.8 Å². The van der Waals surface area contributed by atoms with Gasteiger partial charge in [0.05, 0.1) is 0 Å². The number of nitrogens with one attached hydrogen (secondary N) is 1. The highest BCUT2D eigenvalue weighted by Crippen LogP contribution is 2.41. The fraction of sp³-hybridized carbons (Fsp3) is 0.476. The average Bonchev–Trinajstić information content (AvgIpc) is 2.80. The molecule has 1 heteroatoms. The quantitative estimate of drug-likeness (QED) is 0.659. The zero-order valence-electron chi connectivity index (χ0n) is 14.1. The van der Waals surface area contributed by atoms with Crippen LogP contribution in [0.25, 0.3) is 0 Å². The lowest BCUT2D eigenvalue weighted by atomic mass is 9.79. The lowest BCUT2D eigenvalue weighted by Gasteiger charge is -2.26. The Bertz CT molecular complexity index is 642. The van der Waals surface area contributed by atoms with E-state index in [1.807, 2.05) is 0 Å². The summed E-state index contributed by atoms with van der Waals surface area (Å²) in [6, 6.07) is 8.62. The first kappa shape index (κ1) is 15.3. The summed E-state index contributed by atoms with van der Waals surface area (Å²) in [7, 11) is 0. The highest BCUT2D eigenvalue weighted by molar-refractivity contribution is 6.01. The van der Waals surface area contributed by atoms with Gasteiger partial charge in [0.2, 0.25) is 0 Å². The molecule has 0 aromatic heterocycles. The molecule has 3 rings (SSSR count). The summed E-state index contributed by atoms with van der Waals surface area (Å²) in [5.41, 5.74) is 7.64. The molecule has 2 aliphatic rings. The van der Waals surface area contributed by atoms with Crippen LogP contribution in [-0.4, -0.2) is 5.71 Å². The standard InChI is InChI=1S/C21H27N/c1-14-13-15(2)20(16(14)3)18-11-7-8-12-19(18)21(22)17-9-5-4-6-10-17/h7-8,11-13,17,20,22H,4-6,9-10H2,1-3H3. The zero-order chi connectivity index (χ0) is 15.7. The second kappa shape index (κ2) is 6.24. The van der Waals surface area contributed by atoms with E-state index in [1.165, 1.54) is 60.0 Å². The van der Waals surface area contributed by atoms with Gasteiger partial charge < -0.3 is 5.41 Å². The molecule has 1 aromatic carbocycles. The molecule has 22 heavy (non-hydrogen) atoms. The van der Waals surface area contributed by atoms with Gasteiger partial charge in [0, 0.05) is 17.5 Å². The number of allylic oxidation sites excluding steroid dienone is 4. The molecule has 1 saturated carbocycles. The van der Waals surface area contributed by atoms with Crippen LogP contribution >= 0.6 is 0 Å². The summed E-state index contributed by atoms with van der Waals surface area (Å²) in [6.45, 7) is 6.67. The van der Waals surface area contributed by atoms with E-state index in [2.05, 4.69) is 51.1 Å². The van der Waals surface area contributed by atoms with Crippen LogP contribution in [0.5, 0.6) is 0 Å². The van der Waals surface area contributed by atoms with Gasteiger partial charge in [-0.25, -0.2) is 0 Å². The van der Waals surface area contributed by atoms with E-state index in [1.54, 1.807) is 0 Å². The first-order valence-electron chi connectivity index (χ1n) is 8.63. The highest BCUT2D eigenvalue weighted by Gasteiger charge is 2.27. The monoisotopic (exact) mass is 293 g/mol. The smallest absolute Gasteiger partial charge is 0.0420 e. The van der Waals surface area contributed by atoms with Crippen molar-refractivity contribution in [2.75, 3.05) is 0 Å². The molecule has 1 fully saturated rings. The first-order chi connectivity index (χ1) is 10.6. The van der Waals surface area contributed by atoms with E-state index < -0.39 is 0 Å². The molecule has 116 valence electrons. The van der Waals surface area contributed by atoms with Crippen molar-refractivity contribution in [1.82, 2.24) is 0 Å². The Labute approximate surface area is 134 Å². The van der Waals surface area contributed by atoms with E-state index in [9.17, 15) is 0 Å². The van der Waals surface area contributed by atoms with Gasteiger partial charge in [-0.05, 0) is 44.7 Å². The van der Waals surface area contributed by atoms with Crippen LogP contribution in [0.15, 0.2) is 47.1 Å². The third kappa shape index (κ3) is 2.69. The van der Waals surface area contributed by atoms with Crippen molar-refractivity contribution in [3.8, 4) is 0 Å². The lowest BCUT2D eigenvalue weighted by molar-refractivity contribution is 0.438. The van der Waals surface area contributed by atoms with Crippen molar-refractivity contribution in [3.05, 3.63) is 58.2 Å². The SMILES string of the molecule is CC1=CC(C)=C(C)C1c1ccccc1C(=N)C1CCCCC1. The number of hydrogen-bond acceptors (Lipinski definition) is 1. The molecule has 1 aromatic rings.